The Morgan fingerprint density at radius 1 is 1.29 bits per heavy atom. The van der Waals surface area contributed by atoms with E-state index in [1.807, 2.05) is 6.07 Å². The summed E-state index contributed by atoms with van der Waals surface area (Å²) in [6.45, 7) is 5.09. The van der Waals surface area contributed by atoms with Gasteiger partial charge in [-0.1, -0.05) is 19.9 Å². The van der Waals surface area contributed by atoms with E-state index in [1.165, 1.54) is 7.11 Å². The van der Waals surface area contributed by atoms with Crippen LogP contribution in [0.15, 0.2) is 18.2 Å². The van der Waals surface area contributed by atoms with Crippen molar-refractivity contribution in [1.82, 2.24) is 0 Å². The number of halogens is 1. The summed E-state index contributed by atoms with van der Waals surface area (Å²) >= 11 is 0. The highest BCUT2D eigenvalue weighted by molar-refractivity contribution is 5.29. The van der Waals surface area contributed by atoms with Gasteiger partial charge in [-0.2, -0.15) is 0 Å². The predicted octanol–water partition coefficient (Wildman–Crippen LogP) is 3.14. The molecule has 0 spiro atoms. The van der Waals surface area contributed by atoms with Crippen LogP contribution in [0.5, 0.6) is 5.75 Å². The van der Waals surface area contributed by atoms with Crippen molar-refractivity contribution in [3.8, 4) is 5.75 Å². The molecule has 96 valence electrons. The molecule has 1 aromatic carbocycles. The zero-order chi connectivity index (χ0) is 12.9. The minimum atomic E-state index is -0.290. The van der Waals surface area contributed by atoms with E-state index >= 15 is 0 Å². The average Bonchev–Trinajstić information content (AvgIpc) is 2.27. The summed E-state index contributed by atoms with van der Waals surface area (Å²) in [6, 6.07) is 5.15. The molecule has 17 heavy (non-hydrogen) atoms. The number of ether oxygens (including phenoxy) is 1. The van der Waals surface area contributed by atoms with Gasteiger partial charge in [-0.05, 0) is 48.9 Å². The van der Waals surface area contributed by atoms with Crippen LogP contribution in [0.4, 0.5) is 4.39 Å². The highest BCUT2D eigenvalue weighted by atomic mass is 19.1. The second-order valence-corrected chi connectivity index (χ2v) is 5.17. The van der Waals surface area contributed by atoms with Crippen molar-refractivity contribution >= 4 is 0 Å². The van der Waals surface area contributed by atoms with Gasteiger partial charge in [0.15, 0.2) is 11.6 Å². The molecule has 0 atom stereocenters. The van der Waals surface area contributed by atoms with Gasteiger partial charge >= 0.3 is 0 Å². The molecule has 1 rings (SSSR count). The summed E-state index contributed by atoms with van der Waals surface area (Å²) in [7, 11) is 1.47. The second kappa shape index (κ2) is 6.01. The molecule has 0 aliphatic heterocycles. The number of rotatable bonds is 6. The summed E-state index contributed by atoms with van der Waals surface area (Å²) in [4.78, 5) is 0. The number of hydrogen-bond acceptors (Lipinski definition) is 2. The zero-order valence-electron chi connectivity index (χ0n) is 10.9. The van der Waals surface area contributed by atoms with Crippen LogP contribution in [0.25, 0.3) is 0 Å². The number of methoxy groups -OCH3 is 1. The molecular formula is C14H22FNO. The van der Waals surface area contributed by atoms with Gasteiger partial charge in [-0.3, -0.25) is 0 Å². The maximum Gasteiger partial charge on any atom is 0.165 e. The van der Waals surface area contributed by atoms with Crippen molar-refractivity contribution in [2.24, 2.45) is 11.1 Å². The lowest BCUT2D eigenvalue weighted by molar-refractivity contribution is 0.313. The van der Waals surface area contributed by atoms with Crippen molar-refractivity contribution in [3.63, 3.8) is 0 Å². The van der Waals surface area contributed by atoms with E-state index in [4.69, 9.17) is 10.5 Å². The maximum absolute atomic E-state index is 13.5. The Bertz CT molecular complexity index is 363. The Labute approximate surface area is 103 Å². The summed E-state index contributed by atoms with van der Waals surface area (Å²) in [5.41, 5.74) is 6.79. The molecule has 0 amide bonds. The quantitative estimate of drug-likeness (QED) is 0.827. The Morgan fingerprint density at radius 2 is 2.00 bits per heavy atom. The van der Waals surface area contributed by atoms with E-state index in [-0.39, 0.29) is 11.2 Å². The molecule has 0 saturated carbocycles. The first-order chi connectivity index (χ1) is 7.98. The third-order valence-electron chi connectivity index (χ3n) is 3.13. The van der Waals surface area contributed by atoms with Crippen LogP contribution in [-0.4, -0.2) is 13.7 Å². The molecule has 0 aromatic heterocycles. The van der Waals surface area contributed by atoms with Crippen LogP contribution < -0.4 is 10.5 Å². The Hall–Kier alpha value is -1.09. The van der Waals surface area contributed by atoms with E-state index in [2.05, 4.69) is 13.8 Å². The third-order valence-corrected chi connectivity index (χ3v) is 3.13. The van der Waals surface area contributed by atoms with E-state index in [9.17, 15) is 4.39 Å². The van der Waals surface area contributed by atoms with Crippen LogP contribution in [-0.2, 0) is 6.42 Å². The molecule has 2 nitrogen and oxygen atoms in total. The summed E-state index contributed by atoms with van der Waals surface area (Å²) in [5.74, 6) is 0.0107. The van der Waals surface area contributed by atoms with Gasteiger partial charge in [-0.25, -0.2) is 4.39 Å². The summed E-state index contributed by atoms with van der Waals surface area (Å²) in [5, 5.41) is 0. The van der Waals surface area contributed by atoms with E-state index < -0.39 is 0 Å². The van der Waals surface area contributed by atoms with Gasteiger partial charge in [0.05, 0.1) is 7.11 Å². The molecule has 0 aliphatic rings. The van der Waals surface area contributed by atoms with Crippen LogP contribution in [0.2, 0.25) is 0 Å². The number of aryl methyl sites for hydroxylation is 1. The molecule has 1 aromatic rings. The fourth-order valence-electron chi connectivity index (χ4n) is 1.86. The summed E-state index contributed by atoms with van der Waals surface area (Å²) < 4.78 is 18.4. The fraction of sp³-hybridized carbons (Fsp3) is 0.571. The zero-order valence-corrected chi connectivity index (χ0v) is 10.9. The average molecular weight is 239 g/mol. The molecule has 0 aliphatic carbocycles. The van der Waals surface area contributed by atoms with Crippen molar-refractivity contribution in [2.45, 2.75) is 33.1 Å². The molecular weight excluding hydrogens is 217 g/mol. The molecule has 0 heterocycles. The molecule has 3 heteroatoms. The fourth-order valence-corrected chi connectivity index (χ4v) is 1.86. The first-order valence-corrected chi connectivity index (χ1v) is 6.01. The molecule has 0 bridgehead atoms. The molecule has 0 unspecified atom stereocenters. The van der Waals surface area contributed by atoms with Crippen molar-refractivity contribution in [3.05, 3.63) is 29.6 Å². The lowest BCUT2D eigenvalue weighted by Crippen LogP contribution is -2.17. The molecule has 0 radical (unpaired) electrons. The largest absolute Gasteiger partial charge is 0.494 e. The third kappa shape index (κ3) is 4.35. The standard InChI is InChI=1S/C14H22FNO/c1-14(2,8-9-16)7-6-11-4-5-13(17-3)12(15)10-11/h4-5,10H,6-9,16H2,1-3H3. The second-order valence-electron chi connectivity index (χ2n) is 5.17. The Kier molecular flexibility index (Phi) is 4.94. The Balaban J connectivity index is 2.61. The molecule has 0 fully saturated rings. The van der Waals surface area contributed by atoms with Gasteiger partial charge in [0.25, 0.3) is 0 Å². The number of benzene rings is 1. The van der Waals surface area contributed by atoms with Crippen LogP contribution in [0.1, 0.15) is 32.3 Å². The van der Waals surface area contributed by atoms with Gasteiger partial charge in [0.1, 0.15) is 0 Å². The van der Waals surface area contributed by atoms with Gasteiger partial charge in [-0.15, -0.1) is 0 Å². The molecule has 0 saturated heterocycles. The topological polar surface area (TPSA) is 35.2 Å². The van der Waals surface area contributed by atoms with Crippen LogP contribution >= 0.6 is 0 Å². The first kappa shape index (κ1) is 14.0. The monoisotopic (exact) mass is 239 g/mol. The number of nitrogens with two attached hydrogens (primary N) is 1. The van der Waals surface area contributed by atoms with E-state index in [1.54, 1.807) is 12.1 Å². The van der Waals surface area contributed by atoms with Crippen LogP contribution in [0, 0.1) is 11.2 Å². The predicted molar refractivity (Wildman–Crippen MR) is 68.7 cm³/mol. The Morgan fingerprint density at radius 3 is 2.53 bits per heavy atom. The minimum absolute atomic E-state index is 0.213. The highest BCUT2D eigenvalue weighted by Crippen LogP contribution is 2.27. The summed E-state index contributed by atoms with van der Waals surface area (Å²) in [6.07, 6.45) is 2.87. The van der Waals surface area contributed by atoms with Crippen molar-refractivity contribution in [2.75, 3.05) is 13.7 Å². The molecule has 2 N–H and O–H groups in total. The smallest absolute Gasteiger partial charge is 0.165 e. The van der Waals surface area contributed by atoms with E-state index in [0.717, 1.165) is 24.8 Å². The lowest BCUT2D eigenvalue weighted by Gasteiger charge is -2.23. The van der Waals surface area contributed by atoms with Crippen LogP contribution in [0.3, 0.4) is 0 Å². The maximum atomic E-state index is 13.5. The van der Waals surface area contributed by atoms with Gasteiger partial charge in [0, 0.05) is 0 Å². The number of hydrogen-bond donors (Lipinski definition) is 1. The highest BCUT2D eigenvalue weighted by Gasteiger charge is 2.16. The van der Waals surface area contributed by atoms with Gasteiger partial charge < -0.3 is 10.5 Å². The first-order valence-electron chi connectivity index (χ1n) is 6.01. The van der Waals surface area contributed by atoms with E-state index in [0.29, 0.717) is 12.3 Å². The van der Waals surface area contributed by atoms with Crippen molar-refractivity contribution < 1.29 is 9.13 Å². The SMILES string of the molecule is COc1ccc(CCC(C)(C)CCN)cc1F. The van der Waals surface area contributed by atoms with Gasteiger partial charge in [0.2, 0.25) is 0 Å². The van der Waals surface area contributed by atoms with Crippen molar-refractivity contribution in [1.29, 1.82) is 0 Å². The lowest BCUT2D eigenvalue weighted by atomic mass is 9.83. The minimum Gasteiger partial charge on any atom is -0.494 e. The normalized spacial score (nSPS) is 11.6.